The molecule has 4 heteroatoms. The molecular weight excluding hydrogens is 231 g/mol. The molecular formula is C14H23FN2O. The molecule has 1 aromatic carbocycles. The Bertz CT molecular complexity index is 382. The van der Waals surface area contributed by atoms with Gasteiger partial charge in [0.25, 0.3) is 0 Å². The van der Waals surface area contributed by atoms with Crippen LogP contribution in [0.4, 0.5) is 10.1 Å². The summed E-state index contributed by atoms with van der Waals surface area (Å²) in [7, 11) is 1.65. The molecule has 2 atom stereocenters. The first-order chi connectivity index (χ1) is 8.51. The lowest BCUT2D eigenvalue weighted by atomic mass is 10.1. The molecule has 0 aliphatic heterocycles. The molecule has 0 aromatic heterocycles. The Kier molecular flexibility index (Phi) is 5.56. The quantitative estimate of drug-likeness (QED) is 0.848. The maximum absolute atomic E-state index is 14.1. The Labute approximate surface area is 109 Å². The van der Waals surface area contributed by atoms with Crippen LogP contribution in [0, 0.1) is 5.82 Å². The molecule has 2 N–H and O–H groups in total. The molecule has 1 unspecified atom stereocenters. The van der Waals surface area contributed by atoms with E-state index in [2.05, 4.69) is 0 Å². The summed E-state index contributed by atoms with van der Waals surface area (Å²) < 4.78 is 19.2. The van der Waals surface area contributed by atoms with Gasteiger partial charge in [0.05, 0.1) is 12.3 Å². The predicted molar refractivity (Wildman–Crippen MR) is 73.4 cm³/mol. The van der Waals surface area contributed by atoms with Gasteiger partial charge in [0, 0.05) is 25.7 Å². The zero-order valence-electron chi connectivity index (χ0n) is 11.6. The smallest absolute Gasteiger partial charge is 0.146 e. The summed E-state index contributed by atoms with van der Waals surface area (Å²) in [6.45, 7) is 7.18. The number of anilines is 1. The van der Waals surface area contributed by atoms with Crippen LogP contribution in [0.15, 0.2) is 18.2 Å². The van der Waals surface area contributed by atoms with Crippen molar-refractivity contribution < 1.29 is 9.13 Å². The number of benzene rings is 1. The van der Waals surface area contributed by atoms with Crippen molar-refractivity contribution in [3.63, 3.8) is 0 Å². The molecule has 0 heterocycles. The van der Waals surface area contributed by atoms with Crippen LogP contribution in [0.5, 0.6) is 0 Å². The number of hydrogen-bond donors (Lipinski definition) is 1. The lowest BCUT2D eigenvalue weighted by molar-refractivity contribution is 0.181. The molecule has 0 saturated carbocycles. The van der Waals surface area contributed by atoms with Gasteiger partial charge < -0.3 is 15.4 Å². The van der Waals surface area contributed by atoms with Crippen molar-refractivity contribution in [2.45, 2.75) is 32.9 Å². The van der Waals surface area contributed by atoms with E-state index in [1.54, 1.807) is 13.2 Å². The van der Waals surface area contributed by atoms with E-state index in [4.69, 9.17) is 10.5 Å². The van der Waals surface area contributed by atoms with Gasteiger partial charge in [0.15, 0.2) is 0 Å². The zero-order chi connectivity index (χ0) is 13.7. The van der Waals surface area contributed by atoms with Gasteiger partial charge in [-0.25, -0.2) is 4.39 Å². The number of likely N-dealkylation sites (N-methyl/N-ethyl adjacent to an activating group) is 1. The second kappa shape index (κ2) is 6.71. The summed E-state index contributed by atoms with van der Waals surface area (Å²) in [5.41, 5.74) is 7.16. The maximum atomic E-state index is 14.1. The lowest BCUT2D eigenvalue weighted by Gasteiger charge is -2.30. The van der Waals surface area contributed by atoms with E-state index in [0.717, 1.165) is 12.1 Å². The standard InChI is InChI=1S/C14H23FN2O/c1-5-17(10(2)9-18-4)14-7-6-12(11(3)16)8-13(14)15/h6-8,10-11H,5,9,16H2,1-4H3/t10?,11-/m0/s1. The molecule has 1 rings (SSSR count). The minimum absolute atomic E-state index is 0.135. The second-order valence-electron chi connectivity index (χ2n) is 4.59. The number of methoxy groups -OCH3 is 1. The summed E-state index contributed by atoms with van der Waals surface area (Å²) in [6.07, 6.45) is 0. The highest BCUT2D eigenvalue weighted by molar-refractivity contribution is 5.50. The number of nitrogens with two attached hydrogens (primary N) is 1. The highest BCUT2D eigenvalue weighted by Crippen LogP contribution is 2.24. The summed E-state index contributed by atoms with van der Waals surface area (Å²) in [4.78, 5) is 1.99. The fourth-order valence-electron chi connectivity index (χ4n) is 2.09. The van der Waals surface area contributed by atoms with E-state index in [1.807, 2.05) is 31.7 Å². The van der Waals surface area contributed by atoms with E-state index in [1.165, 1.54) is 6.07 Å². The molecule has 102 valence electrons. The van der Waals surface area contributed by atoms with Gasteiger partial charge >= 0.3 is 0 Å². The van der Waals surface area contributed by atoms with Gasteiger partial charge in [-0.3, -0.25) is 0 Å². The Morgan fingerprint density at radius 1 is 1.39 bits per heavy atom. The molecule has 3 nitrogen and oxygen atoms in total. The summed E-state index contributed by atoms with van der Waals surface area (Å²) >= 11 is 0. The van der Waals surface area contributed by atoms with Crippen molar-refractivity contribution in [1.82, 2.24) is 0 Å². The van der Waals surface area contributed by atoms with Crippen LogP contribution in [-0.2, 0) is 4.74 Å². The van der Waals surface area contributed by atoms with Gasteiger partial charge in [-0.05, 0) is 38.5 Å². The van der Waals surface area contributed by atoms with E-state index < -0.39 is 0 Å². The molecule has 0 aliphatic rings. The topological polar surface area (TPSA) is 38.5 Å². The number of halogens is 1. The minimum atomic E-state index is -0.227. The molecule has 0 bridgehead atoms. The van der Waals surface area contributed by atoms with Gasteiger partial charge in [-0.1, -0.05) is 6.07 Å². The molecule has 18 heavy (non-hydrogen) atoms. The van der Waals surface area contributed by atoms with Crippen molar-refractivity contribution in [2.75, 3.05) is 25.2 Å². The molecule has 1 aromatic rings. The average Bonchev–Trinajstić information content (AvgIpc) is 2.32. The van der Waals surface area contributed by atoms with Crippen molar-refractivity contribution in [1.29, 1.82) is 0 Å². The first-order valence-corrected chi connectivity index (χ1v) is 6.31. The Morgan fingerprint density at radius 2 is 2.06 bits per heavy atom. The fraction of sp³-hybridized carbons (Fsp3) is 0.571. The van der Waals surface area contributed by atoms with E-state index in [0.29, 0.717) is 12.3 Å². The second-order valence-corrected chi connectivity index (χ2v) is 4.59. The fourth-order valence-corrected chi connectivity index (χ4v) is 2.09. The first-order valence-electron chi connectivity index (χ1n) is 6.31. The summed E-state index contributed by atoms with van der Waals surface area (Å²) in [5, 5.41) is 0. The molecule has 0 radical (unpaired) electrons. The largest absolute Gasteiger partial charge is 0.383 e. The maximum Gasteiger partial charge on any atom is 0.146 e. The highest BCUT2D eigenvalue weighted by atomic mass is 19.1. The third-order valence-corrected chi connectivity index (χ3v) is 3.09. The molecule has 0 amide bonds. The summed E-state index contributed by atoms with van der Waals surface area (Å²) in [5.74, 6) is -0.227. The van der Waals surface area contributed by atoms with Crippen LogP contribution in [0.1, 0.15) is 32.4 Å². The number of hydrogen-bond acceptors (Lipinski definition) is 3. The lowest BCUT2D eigenvalue weighted by Crippen LogP contribution is -2.36. The van der Waals surface area contributed by atoms with E-state index in [-0.39, 0.29) is 17.9 Å². The number of rotatable bonds is 6. The van der Waals surface area contributed by atoms with Crippen LogP contribution in [-0.4, -0.2) is 26.3 Å². The van der Waals surface area contributed by atoms with Crippen LogP contribution >= 0.6 is 0 Å². The molecule has 0 saturated heterocycles. The van der Waals surface area contributed by atoms with Crippen LogP contribution in [0.25, 0.3) is 0 Å². The van der Waals surface area contributed by atoms with Gasteiger partial charge in [0.2, 0.25) is 0 Å². The van der Waals surface area contributed by atoms with Crippen LogP contribution < -0.4 is 10.6 Å². The van der Waals surface area contributed by atoms with Crippen molar-refractivity contribution in [3.8, 4) is 0 Å². The third kappa shape index (κ3) is 3.43. The van der Waals surface area contributed by atoms with Gasteiger partial charge in [-0.2, -0.15) is 0 Å². The number of nitrogens with zero attached hydrogens (tertiary/aromatic N) is 1. The predicted octanol–water partition coefficient (Wildman–Crippen LogP) is 2.71. The zero-order valence-corrected chi connectivity index (χ0v) is 11.6. The Hall–Kier alpha value is -1.13. The molecule has 0 aliphatic carbocycles. The van der Waals surface area contributed by atoms with Gasteiger partial charge in [-0.15, -0.1) is 0 Å². The SMILES string of the molecule is CCN(c1ccc([C@H](C)N)cc1F)C(C)COC. The van der Waals surface area contributed by atoms with E-state index in [9.17, 15) is 4.39 Å². The van der Waals surface area contributed by atoms with Crippen molar-refractivity contribution >= 4 is 5.69 Å². The molecule has 0 spiro atoms. The average molecular weight is 254 g/mol. The number of ether oxygens (including phenoxy) is 1. The highest BCUT2D eigenvalue weighted by Gasteiger charge is 2.17. The Balaban J connectivity index is 2.99. The molecule has 0 fully saturated rings. The third-order valence-electron chi connectivity index (χ3n) is 3.09. The van der Waals surface area contributed by atoms with Crippen LogP contribution in [0.3, 0.4) is 0 Å². The monoisotopic (exact) mass is 254 g/mol. The summed E-state index contributed by atoms with van der Waals surface area (Å²) in [6, 6.07) is 5.17. The Morgan fingerprint density at radius 3 is 2.50 bits per heavy atom. The van der Waals surface area contributed by atoms with E-state index >= 15 is 0 Å². The minimum Gasteiger partial charge on any atom is -0.383 e. The van der Waals surface area contributed by atoms with Crippen LogP contribution in [0.2, 0.25) is 0 Å². The van der Waals surface area contributed by atoms with Crippen molar-refractivity contribution in [2.24, 2.45) is 5.73 Å². The van der Waals surface area contributed by atoms with Crippen molar-refractivity contribution in [3.05, 3.63) is 29.6 Å². The normalized spacial score (nSPS) is 14.3. The first kappa shape index (κ1) is 14.9. The van der Waals surface area contributed by atoms with Gasteiger partial charge in [0.1, 0.15) is 5.82 Å².